The summed E-state index contributed by atoms with van der Waals surface area (Å²) >= 11 is 0. The van der Waals surface area contributed by atoms with Gasteiger partial charge in [-0.15, -0.1) is 0 Å². The van der Waals surface area contributed by atoms with Crippen molar-refractivity contribution in [1.29, 1.82) is 0 Å². The van der Waals surface area contributed by atoms with Crippen LogP contribution >= 0.6 is 0 Å². The van der Waals surface area contributed by atoms with Crippen molar-refractivity contribution in [2.75, 3.05) is 19.6 Å². The molecule has 0 aliphatic carbocycles. The van der Waals surface area contributed by atoms with Gasteiger partial charge in [0.1, 0.15) is 0 Å². The van der Waals surface area contributed by atoms with E-state index < -0.39 is 6.10 Å². The summed E-state index contributed by atoms with van der Waals surface area (Å²) < 4.78 is 0. The van der Waals surface area contributed by atoms with Gasteiger partial charge in [0.15, 0.2) is 0 Å². The summed E-state index contributed by atoms with van der Waals surface area (Å²) in [6, 6.07) is 8.14. The summed E-state index contributed by atoms with van der Waals surface area (Å²) in [5.74, 6) is 0. The minimum Gasteiger partial charge on any atom is -0.390 e. The number of rotatable bonds is 4. The highest BCUT2D eigenvalue weighted by atomic mass is 16.3. The van der Waals surface area contributed by atoms with Crippen LogP contribution in [-0.4, -0.2) is 41.8 Å². The Morgan fingerprint density at radius 2 is 2.00 bits per heavy atom. The number of benzene rings is 1. The molecule has 0 aromatic heterocycles. The fourth-order valence-electron chi connectivity index (χ4n) is 2.27. The average Bonchev–Trinajstić information content (AvgIpc) is 2.37. The van der Waals surface area contributed by atoms with Gasteiger partial charge in [-0.25, -0.2) is 0 Å². The Morgan fingerprint density at radius 1 is 1.29 bits per heavy atom. The maximum atomic E-state index is 9.87. The monoisotopic (exact) mass is 235 g/mol. The zero-order valence-electron chi connectivity index (χ0n) is 10.0. The molecule has 0 fully saturated rings. The Morgan fingerprint density at radius 3 is 2.71 bits per heavy atom. The summed E-state index contributed by atoms with van der Waals surface area (Å²) in [5.41, 5.74) is 13.9. The molecule has 94 valence electrons. The molecule has 1 aromatic carbocycles. The Kier molecular flexibility index (Phi) is 4.12. The molecule has 4 nitrogen and oxygen atoms in total. The first-order chi connectivity index (χ1) is 8.20. The predicted molar refractivity (Wildman–Crippen MR) is 68.5 cm³/mol. The van der Waals surface area contributed by atoms with E-state index in [-0.39, 0.29) is 6.04 Å². The second-order valence-electron chi connectivity index (χ2n) is 4.72. The number of aliphatic hydroxyl groups excluding tert-OH is 1. The largest absolute Gasteiger partial charge is 0.390 e. The molecule has 0 saturated heterocycles. The van der Waals surface area contributed by atoms with E-state index in [2.05, 4.69) is 29.2 Å². The van der Waals surface area contributed by atoms with Crippen LogP contribution in [-0.2, 0) is 13.0 Å². The van der Waals surface area contributed by atoms with E-state index in [4.69, 9.17) is 11.5 Å². The Labute approximate surface area is 102 Å². The summed E-state index contributed by atoms with van der Waals surface area (Å²) in [6.07, 6.45) is 0.506. The number of nitrogens with two attached hydrogens (primary N) is 2. The Bertz CT molecular complexity index is 369. The molecule has 5 N–H and O–H groups in total. The van der Waals surface area contributed by atoms with Crippen molar-refractivity contribution in [3.8, 4) is 0 Å². The molecule has 2 unspecified atom stereocenters. The van der Waals surface area contributed by atoms with E-state index in [1.807, 2.05) is 0 Å². The lowest BCUT2D eigenvalue weighted by Crippen LogP contribution is -2.48. The van der Waals surface area contributed by atoms with Crippen molar-refractivity contribution in [3.05, 3.63) is 35.4 Å². The molecule has 2 rings (SSSR count). The van der Waals surface area contributed by atoms with Crippen LogP contribution in [0.2, 0.25) is 0 Å². The smallest absolute Gasteiger partial charge is 0.0830 e. The number of aliphatic hydroxyl groups is 1. The van der Waals surface area contributed by atoms with E-state index in [1.165, 1.54) is 11.1 Å². The normalized spacial score (nSPS) is 19.7. The van der Waals surface area contributed by atoms with Crippen LogP contribution in [0.15, 0.2) is 24.3 Å². The standard InChI is InChI=1S/C13H21N3O/c14-7-12(15)13(17)9-16-6-5-10-3-1-2-4-11(10)8-16/h1-4,12-13,17H,5-9,14-15H2. The second kappa shape index (κ2) is 5.60. The van der Waals surface area contributed by atoms with E-state index in [1.54, 1.807) is 0 Å². The van der Waals surface area contributed by atoms with Gasteiger partial charge in [0.2, 0.25) is 0 Å². The van der Waals surface area contributed by atoms with E-state index >= 15 is 0 Å². The van der Waals surface area contributed by atoms with Crippen molar-refractivity contribution in [2.24, 2.45) is 11.5 Å². The zero-order valence-corrected chi connectivity index (χ0v) is 10.0. The number of nitrogens with zero attached hydrogens (tertiary/aromatic N) is 1. The van der Waals surface area contributed by atoms with Crippen LogP contribution in [0.5, 0.6) is 0 Å². The number of hydrogen-bond donors (Lipinski definition) is 3. The van der Waals surface area contributed by atoms with Crippen molar-refractivity contribution in [3.63, 3.8) is 0 Å². The molecule has 0 radical (unpaired) electrons. The van der Waals surface area contributed by atoms with Crippen molar-refractivity contribution in [2.45, 2.75) is 25.1 Å². The third-order valence-corrected chi connectivity index (χ3v) is 3.42. The van der Waals surface area contributed by atoms with Gasteiger partial charge >= 0.3 is 0 Å². The van der Waals surface area contributed by atoms with Gasteiger partial charge in [-0.1, -0.05) is 24.3 Å². The maximum Gasteiger partial charge on any atom is 0.0830 e. The quantitative estimate of drug-likeness (QED) is 0.669. The Balaban J connectivity index is 1.94. The van der Waals surface area contributed by atoms with Gasteiger partial charge in [-0.2, -0.15) is 0 Å². The first-order valence-electron chi connectivity index (χ1n) is 6.13. The molecule has 4 heteroatoms. The molecule has 1 heterocycles. The van der Waals surface area contributed by atoms with Crippen LogP contribution in [0.4, 0.5) is 0 Å². The van der Waals surface area contributed by atoms with E-state index in [0.717, 1.165) is 19.5 Å². The molecule has 17 heavy (non-hydrogen) atoms. The molecular weight excluding hydrogens is 214 g/mol. The SMILES string of the molecule is NCC(N)C(O)CN1CCc2ccccc2C1. The topological polar surface area (TPSA) is 75.5 Å². The van der Waals surface area contributed by atoms with Gasteiger partial charge in [0, 0.05) is 32.2 Å². The number of fused-ring (bicyclic) bond motifs is 1. The van der Waals surface area contributed by atoms with Crippen molar-refractivity contribution >= 4 is 0 Å². The molecule has 1 aliphatic heterocycles. The third-order valence-electron chi connectivity index (χ3n) is 3.42. The molecule has 2 atom stereocenters. The van der Waals surface area contributed by atoms with E-state index in [0.29, 0.717) is 13.1 Å². The predicted octanol–water partition coefficient (Wildman–Crippen LogP) is -0.308. The first kappa shape index (κ1) is 12.5. The maximum absolute atomic E-state index is 9.87. The van der Waals surface area contributed by atoms with Gasteiger partial charge < -0.3 is 16.6 Å². The second-order valence-corrected chi connectivity index (χ2v) is 4.72. The van der Waals surface area contributed by atoms with Crippen LogP contribution in [0.25, 0.3) is 0 Å². The highest BCUT2D eigenvalue weighted by Gasteiger charge is 2.21. The van der Waals surface area contributed by atoms with Gasteiger partial charge in [-0.05, 0) is 17.5 Å². The third kappa shape index (κ3) is 3.04. The molecule has 1 aromatic rings. The number of β-amino-alcohol motifs (C(OH)–C–C–N with tert-alkyl or cyclic N) is 1. The highest BCUT2D eigenvalue weighted by Crippen LogP contribution is 2.18. The number of hydrogen-bond acceptors (Lipinski definition) is 4. The Hall–Kier alpha value is -0.940. The molecule has 0 bridgehead atoms. The molecule has 0 spiro atoms. The molecular formula is C13H21N3O. The van der Waals surface area contributed by atoms with Crippen LogP contribution in [0.3, 0.4) is 0 Å². The van der Waals surface area contributed by atoms with E-state index in [9.17, 15) is 5.11 Å². The van der Waals surface area contributed by atoms with Crippen LogP contribution in [0, 0.1) is 0 Å². The fraction of sp³-hybridized carbons (Fsp3) is 0.538. The summed E-state index contributed by atoms with van der Waals surface area (Å²) in [6.45, 7) is 2.80. The van der Waals surface area contributed by atoms with Crippen LogP contribution in [0.1, 0.15) is 11.1 Å². The summed E-state index contributed by atoms with van der Waals surface area (Å²) in [4.78, 5) is 2.24. The van der Waals surface area contributed by atoms with Gasteiger partial charge in [0.25, 0.3) is 0 Å². The summed E-state index contributed by atoms with van der Waals surface area (Å²) in [7, 11) is 0. The lowest BCUT2D eigenvalue weighted by molar-refractivity contribution is 0.0870. The molecule has 1 aliphatic rings. The van der Waals surface area contributed by atoms with Gasteiger partial charge in [-0.3, -0.25) is 4.90 Å². The minimum absolute atomic E-state index is 0.325. The van der Waals surface area contributed by atoms with Crippen LogP contribution < -0.4 is 11.5 Å². The van der Waals surface area contributed by atoms with Crippen molar-refractivity contribution in [1.82, 2.24) is 4.90 Å². The minimum atomic E-state index is -0.537. The fourth-order valence-corrected chi connectivity index (χ4v) is 2.27. The highest BCUT2D eigenvalue weighted by molar-refractivity contribution is 5.29. The summed E-state index contributed by atoms with van der Waals surface area (Å²) in [5, 5.41) is 9.87. The zero-order chi connectivity index (χ0) is 12.3. The van der Waals surface area contributed by atoms with Crippen molar-refractivity contribution < 1.29 is 5.11 Å². The lowest BCUT2D eigenvalue weighted by atomic mass is 9.99. The molecule has 0 saturated carbocycles. The molecule has 0 amide bonds. The van der Waals surface area contributed by atoms with Gasteiger partial charge in [0.05, 0.1) is 6.10 Å². The average molecular weight is 235 g/mol. The first-order valence-corrected chi connectivity index (χ1v) is 6.13. The lowest BCUT2D eigenvalue weighted by Gasteiger charge is -2.31.